The largest absolute Gasteiger partial charge is 0.462 e. The van der Waals surface area contributed by atoms with E-state index in [4.69, 9.17) is 4.74 Å². The summed E-state index contributed by atoms with van der Waals surface area (Å²) in [5.41, 5.74) is 0.248. The van der Waals surface area contributed by atoms with Gasteiger partial charge in [0.25, 0.3) is 5.88 Å². The molecule has 0 radical (unpaired) electrons. The van der Waals surface area contributed by atoms with Crippen molar-refractivity contribution in [3.05, 3.63) is 18.6 Å². The summed E-state index contributed by atoms with van der Waals surface area (Å²) in [6, 6.07) is 0. The summed E-state index contributed by atoms with van der Waals surface area (Å²) in [6.45, 7) is 3.39. The quantitative estimate of drug-likeness (QED) is 0.930. The Bertz CT molecular complexity index is 567. The summed E-state index contributed by atoms with van der Waals surface area (Å²) in [6.07, 6.45) is -1.67. The number of ether oxygens (including phenoxy) is 1. The number of imidazole rings is 1. The molecule has 0 aromatic carbocycles. The average Bonchev–Trinajstić information content (AvgIpc) is 2.76. The topological polar surface area (TPSA) is 51.5 Å². The van der Waals surface area contributed by atoms with Crippen LogP contribution < -0.4 is 10.1 Å². The van der Waals surface area contributed by atoms with Crippen LogP contribution in [0, 0.1) is 0 Å². The fourth-order valence-corrected chi connectivity index (χ4v) is 1.48. The highest BCUT2D eigenvalue weighted by atomic mass is 19.4. The fourth-order valence-electron chi connectivity index (χ4n) is 1.48. The summed E-state index contributed by atoms with van der Waals surface area (Å²) >= 11 is 0. The van der Waals surface area contributed by atoms with Gasteiger partial charge in [-0.1, -0.05) is 0 Å². The van der Waals surface area contributed by atoms with Gasteiger partial charge in [-0.15, -0.1) is 0 Å². The van der Waals surface area contributed by atoms with Crippen molar-refractivity contribution in [1.82, 2.24) is 14.4 Å². The first-order chi connectivity index (χ1) is 8.91. The van der Waals surface area contributed by atoms with Crippen molar-refractivity contribution in [3.8, 4) is 5.88 Å². The molecule has 2 aromatic heterocycles. The highest BCUT2D eigenvalue weighted by Crippen LogP contribution is 2.26. The van der Waals surface area contributed by atoms with Crippen molar-refractivity contribution < 1.29 is 17.9 Å². The molecule has 0 aliphatic rings. The second kappa shape index (κ2) is 4.94. The molecule has 104 valence electrons. The van der Waals surface area contributed by atoms with E-state index in [0.717, 1.165) is 6.92 Å². The lowest BCUT2D eigenvalue weighted by atomic mass is 10.4. The van der Waals surface area contributed by atoms with Gasteiger partial charge < -0.3 is 10.1 Å². The Kier molecular flexibility index (Phi) is 3.50. The fraction of sp³-hybridized carbons (Fsp3) is 0.455. The number of halogens is 3. The van der Waals surface area contributed by atoms with Crippen LogP contribution in [0.15, 0.2) is 18.6 Å². The number of rotatable bonds is 4. The molecule has 2 heterocycles. The molecule has 1 atom stereocenters. The van der Waals surface area contributed by atoms with E-state index in [-0.39, 0.29) is 11.5 Å². The normalized spacial score (nSPS) is 13.5. The van der Waals surface area contributed by atoms with E-state index in [1.165, 1.54) is 6.20 Å². The Morgan fingerprint density at radius 1 is 1.47 bits per heavy atom. The molecule has 0 bridgehead atoms. The maximum atomic E-state index is 12.5. The summed E-state index contributed by atoms with van der Waals surface area (Å²) in [4.78, 5) is 7.94. The highest BCUT2D eigenvalue weighted by Gasteiger charge is 2.38. The molecule has 0 aliphatic heterocycles. The lowest BCUT2D eigenvalue weighted by Crippen LogP contribution is -2.31. The molecule has 1 unspecified atom stereocenters. The van der Waals surface area contributed by atoms with Crippen molar-refractivity contribution in [2.24, 2.45) is 0 Å². The van der Waals surface area contributed by atoms with Crippen LogP contribution in [0.25, 0.3) is 5.65 Å². The standard InChI is InChI=1S/C11H13F3N4O/c1-3-15-8-6-18-5-4-16-9(18)10(17-8)19-7(2)11(12,13)14/h4-7,15H,3H2,1-2H3. The molecule has 2 aromatic rings. The first kappa shape index (κ1) is 13.4. The van der Waals surface area contributed by atoms with Gasteiger partial charge in [-0.3, -0.25) is 4.40 Å². The predicted octanol–water partition coefficient (Wildman–Crippen LogP) is 2.49. The van der Waals surface area contributed by atoms with Crippen LogP contribution in [0.4, 0.5) is 19.0 Å². The van der Waals surface area contributed by atoms with Gasteiger partial charge in [-0.2, -0.15) is 18.2 Å². The van der Waals surface area contributed by atoms with Gasteiger partial charge in [0.1, 0.15) is 5.82 Å². The first-order valence-electron chi connectivity index (χ1n) is 5.72. The highest BCUT2D eigenvalue weighted by molar-refractivity contribution is 5.53. The van der Waals surface area contributed by atoms with Crippen molar-refractivity contribution in [1.29, 1.82) is 0 Å². The monoisotopic (exact) mass is 274 g/mol. The minimum absolute atomic E-state index is 0.145. The maximum absolute atomic E-state index is 12.5. The van der Waals surface area contributed by atoms with Crippen molar-refractivity contribution in [2.45, 2.75) is 26.1 Å². The van der Waals surface area contributed by atoms with Crippen LogP contribution >= 0.6 is 0 Å². The number of nitrogens with zero attached hydrogens (tertiary/aromatic N) is 3. The van der Waals surface area contributed by atoms with E-state index in [2.05, 4.69) is 15.3 Å². The lowest BCUT2D eigenvalue weighted by Gasteiger charge is -2.17. The molecule has 8 heteroatoms. The maximum Gasteiger partial charge on any atom is 0.425 e. The Hall–Kier alpha value is -1.99. The second-order valence-corrected chi connectivity index (χ2v) is 3.92. The Morgan fingerprint density at radius 3 is 2.84 bits per heavy atom. The third kappa shape index (κ3) is 2.88. The van der Waals surface area contributed by atoms with Crippen molar-refractivity contribution in [2.75, 3.05) is 11.9 Å². The third-order valence-corrected chi connectivity index (χ3v) is 2.45. The van der Waals surface area contributed by atoms with Crippen LogP contribution in [-0.4, -0.2) is 33.2 Å². The van der Waals surface area contributed by atoms with Gasteiger partial charge >= 0.3 is 6.18 Å². The molecule has 1 N–H and O–H groups in total. The summed E-state index contributed by atoms with van der Waals surface area (Å²) < 4.78 is 44.0. The van der Waals surface area contributed by atoms with E-state index in [1.807, 2.05) is 6.92 Å². The molecule has 0 spiro atoms. The second-order valence-electron chi connectivity index (χ2n) is 3.92. The van der Waals surface area contributed by atoms with Gasteiger partial charge in [0, 0.05) is 18.9 Å². The summed E-state index contributed by atoms with van der Waals surface area (Å²) in [5, 5.41) is 2.92. The minimum atomic E-state index is -4.44. The zero-order valence-electron chi connectivity index (χ0n) is 10.4. The van der Waals surface area contributed by atoms with Crippen LogP contribution in [-0.2, 0) is 0 Å². The summed E-state index contributed by atoms with van der Waals surface area (Å²) in [7, 11) is 0. The lowest BCUT2D eigenvalue weighted by molar-refractivity contribution is -0.189. The Morgan fingerprint density at radius 2 is 2.21 bits per heavy atom. The number of aromatic nitrogens is 3. The number of hydrogen-bond donors (Lipinski definition) is 1. The van der Waals surface area contributed by atoms with E-state index >= 15 is 0 Å². The minimum Gasteiger partial charge on any atom is -0.462 e. The van der Waals surface area contributed by atoms with Crippen LogP contribution in [0.2, 0.25) is 0 Å². The molecule has 0 saturated carbocycles. The number of alkyl halides is 3. The zero-order valence-corrected chi connectivity index (χ0v) is 10.4. The van der Waals surface area contributed by atoms with Crippen LogP contribution in [0.5, 0.6) is 5.88 Å². The molecular formula is C11H13F3N4O. The van der Waals surface area contributed by atoms with E-state index in [9.17, 15) is 13.2 Å². The van der Waals surface area contributed by atoms with E-state index in [0.29, 0.717) is 12.4 Å². The third-order valence-electron chi connectivity index (χ3n) is 2.45. The van der Waals surface area contributed by atoms with Gasteiger partial charge in [0.05, 0.1) is 6.20 Å². The molecule has 5 nitrogen and oxygen atoms in total. The molecular weight excluding hydrogens is 261 g/mol. The smallest absolute Gasteiger partial charge is 0.425 e. The van der Waals surface area contributed by atoms with Crippen LogP contribution in [0.1, 0.15) is 13.8 Å². The SMILES string of the molecule is CCNc1cn2ccnc2c(OC(C)C(F)(F)F)n1. The van der Waals surface area contributed by atoms with Crippen molar-refractivity contribution in [3.63, 3.8) is 0 Å². The number of anilines is 1. The van der Waals surface area contributed by atoms with Gasteiger partial charge in [-0.25, -0.2) is 4.98 Å². The number of fused-ring (bicyclic) bond motifs is 1. The van der Waals surface area contributed by atoms with Crippen LogP contribution in [0.3, 0.4) is 0 Å². The van der Waals surface area contributed by atoms with Crippen molar-refractivity contribution >= 4 is 11.5 Å². The average molecular weight is 274 g/mol. The van der Waals surface area contributed by atoms with E-state index < -0.39 is 12.3 Å². The predicted molar refractivity (Wildman–Crippen MR) is 63.3 cm³/mol. The Balaban J connectivity index is 2.37. The van der Waals surface area contributed by atoms with Gasteiger partial charge in [0.2, 0.25) is 5.65 Å². The van der Waals surface area contributed by atoms with Gasteiger partial charge in [-0.05, 0) is 13.8 Å². The molecule has 0 aliphatic carbocycles. The molecule has 2 rings (SSSR count). The Labute approximate surface area is 107 Å². The zero-order chi connectivity index (χ0) is 14.0. The molecule has 0 saturated heterocycles. The molecule has 0 amide bonds. The first-order valence-corrected chi connectivity index (χ1v) is 5.72. The molecule has 19 heavy (non-hydrogen) atoms. The number of hydrogen-bond acceptors (Lipinski definition) is 4. The molecule has 0 fully saturated rings. The number of nitrogens with one attached hydrogen (secondary N) is 1. The summed E-state index contributed by atoms with van der Waals surface area (Å²) in [5.74, 6) is 0.283. The van der Waals surface area contributed by atoms with Gasteiger partial charge in [0.15, 0.2) is 6.10 Å². The van der Waals surface area contributed by atoms with E-state index in [1.54, 1.807) is 16.8 Å².